The molecule has 2 N–H and O–H groups in total. The van der Waals surface area contributed by atoms with Gasteiger partial charge in [0, 0.05) is 17.8 Å². The van der Waals surface area contributed by atoms with Crippen molar-refractivity contribution in [1.29, 1.82) is 0 Å². The van der Waals surface area contributed by atoms with Gasteiger partial charge in [-0.15, -0.1) is 11.3 Å². The van der Waals surface area contributed by atoms with Crippen molar-refractivity contribution in [3.63, 3.8) is 0 Å². The summed E-state index contributed by atoms with van der Waals surface area (Å²) in [5.41, 5.74) is 1.77. The minimum atomic E-state index is -3.93. The van der Waals surface area contributed by atoms with E-state index in [0.29, 0.717) is 5.13 Å². The first-order valence-electron chi connectivity index (χ1n) is 8.11. The quantitative estimate of drug-likeness (QED) is 0.730. The average molecular weight is 434 g/mol. The Kier molecular flexibility index (Phi) is 6.11. The summed E-state index contributed by atoms with van der Waals surface area (Å²) in [6.45, 7) is -0.648. The zero-order chi connectivity index (χ0) is 19.6. The van der Waals surface area contributed by atoms with Gasteiger partial charge in [0.25, 0.3) is 5.91 Å². The number of hydrogen-bond acceptors (Lipinski definition) is 6. The fourth-order valence-electron chi connectivity index (χ4n) is 2.87. The number of aryl methyl sites for hydroxylation is 1. The molecular formula is C16H17ClFN3O4S2. The highest BCUT2D eigenvalue weighted by molar-refractivity contribution is 7.84. The van der Waals surface area contributed by atoms with Crippen LogP contribution in [0.3, 0.4) is 0 Å². The van der Waals surface area contributed by atoms with E-state index in [9.17, 15) is 17.6 Å². The summed E-state index contributed by atoms with van der Waals surface area (Å²) < 4.78 is 42.3. The minimum absolute atomic E-state index is 0.0240. The number of benzene rings is 1. The van der Waals surface area contributed by atoms with E-state index in [2.05, 4.69) is 14.5 Å². The predicted octanol–water partition coefficient (Wildman–Crippen LogP) is 2.82. The highest BCUT2D eigenvalue weighted by Gasteiger charge is 2.27. The number of halogens is 2. The van der Waals surface area contributed by atoms with E-state index in [-0.39, 0.29) is 10.9 Å². The van der Waals surface area contributed by atoms with Crippen LogP contribution in [0.15, 0.2) is 18.2 Å². The Morgan fingerprint density at radius 2 is 2.26 bits per heavy atom. The zero-order valence-corrected chi connectivity index (χ0v) is 16.7. The van der Waals surface area contributed by atoms with Crippen molar-refractivity contribution in [2.24, 2.45) is 0 Å². The van der Waals surface area contributed by atoms with Gasteiger partial charge < -0.3 is 0 Å². The van der Waals surface area contributed by atoms with Gasteiger partial charge in [0.05, 0.1) is 10.7 Å². The average Bonchev–Trinajstić information content (AvgIpc) is 3.04. The summed E-state index contributed by atoms with van der Waals surface area (Å²) in [6, 6.07) is 4.66. The zero-order valence-electron chi connectivity index (χ0n) is 14.3. The Bertz CT molecular complexity index is 965. The van der Waals surface area contributed by atoms with Crippen LogP contribution in [0.4, 0.5) is 9.52 Å². The molecular weight excluding hydrogens is 417 g/mol. The third kappa shape index (κ3) is 4.82. The Labute approximate surface area is 165 Å². The van der Waals surface area contributed by atoms with Crippen molar-refractivity contribution in [2.75, 3.05) is 19.0 Å². The molecule has 3 rings (SSSR count). The highest BCUT2D eigenvalue weighted by atomic mass is 35.5. The molecule has 0 fully saturated rings. The lowest BCUT2D eigenvalue weighted by Gasteiger charge is -2.21. The van der Waals surface area contributed by atoms with E-state index >= 15 is 0 Å². The van der Waals surface area contributed by atoms with Crippen LogP contribution in [0.2, 0.25) is 5.02 Å². The first kappa shape index (κ1) is 20.2. The molecule has 0 aliphatic heterocycles. The summed E-state index contributed by atoms with van der Waals surface area (Å²) in [5, 5.41) is 2.99. The Hall–Kier alpha value is -1.59. The van der Waals surface area contributed by atoms with Crippen LogP contribution >= 0.6 is 22.9 Å². The maximum atomic E-state index is 13.4. The smallest absolute Gasteiger partial charge is 0.300 e. The Morgan fingerprint density at radius 3 is 2.96 bits per heavy atom. The van der Waals surface area contributed by atoms with E-state index in [0.717, 1.165) is 35.4 Å². The number of amides is 1. The summed E-state index contributed by atoms with van der Waals surface area (Å²) in [5.74, 6) is -1.07. The number of rotatable bonds is 6. The van der Waals surface area contributed by atoms with Crippen LogP contribution in [-0.2, 0) is 25.7 Å². The molecule has 1 atom stereocenters. The molecule has 7 nitrogen and oxygen atoms in total. The fraction of sp³-hybridized carbons (Fsp3) is 0.375. The number of nitrogens with one attached hydrogen (secondary N) is 2. The van der Waals surface area contributed by atoms with E-state index in [1.807, 2.05) is 4.72 Å². The number of anilines is 1. The maximum Gasteiger partial charge on any atom is 0.336 e. The van der Waals surface area contributed by atoms with Gasteiger partial charge >= 0.3 is 10.3 Å². The topological polar surface area (TPSA) is 97.4 Å². The van der Waals surface area contributed by atoms with Crippen molar-refractivity contribution in [3.8, 4) is 0 Å². The number of thiazole rings is 1. The number of carbonyl (C=O) groups excluding carboxylic acids is 1. The minimum Gasteiger partial charge on any atom is -0.300 e. The molecule has 146 valence electrons. The van der Waals surface area contributed by atoms with Crippen molar-refractivity contribution in [2.45, 2.75) is 25.2 Å². The molecule has 2 aromatic rings. The first-order valence-corrected chi connectivity index (χ1v) is 10.7. The summed E-state index contributed by atoms with van der Waals surface area (Å²) in [4.78, 5) is 17.3. The second-order valence-electron chi connectivity index (χ2n) is 5.92. The van der Waals surface area contributed by atoms with Crippen LogP contribution in [-0.4, -0.2) is 33.0 Å². The number of fused-ring (bicyclic) bond motifs is 1. The van der Waals surface area contributed by atoms with Crippen molar-refractivity contribution in [3.05, 3.63) is 45.2 Å². The first-order chi connectivity index (χ1) is 12.8. The molecule has 1 heterocycles. The number of hydrogen-bond donors (Lipinski definition) is 2. The third-order valence-electron chi connectivity index (χ3n) is 4.14. The molecule has 1 aliphatic carbocycles. The number of nitrogens with zero attached hydrogens (tertiary/aromatic N) is 1. The lowest BCUT2D eigenvalue weighted by Crippen LogP contribution is -2.27. The van der Waals surface area contributed by atoms with Gasteiger partial charge in [0.15, 0.2) is 5.13 Å². The van der Waals surface area contributed by atoms with Crippen LogP contribution in [0, 0.1) is 5.82 Å². The molecule has 1 aromatic heterocycles. The molecule has 27 heavy (non-hydrogen) atoms. The van der Waals surface area contributed by atoms with Crippen LogP contribution < -0.4 is 10.0 Å². The molecule has 0 unspecified atom stereocenters. The van der Waals surface area contributed by atoms with Crippen LogP contribution in [0.5, 0.6) is 0 Å². The largest absolute Gasteiger partial charge is 0.336 e. The van der Waals surface area contributed by atoms with E-state index < -0.39 is 28.6 Å². The van der Waals surface area contributed by atoms with Crippen molar-refractivity contribution >= 4 is 44.3 Å². The van der Waals surface area contributed by atoms with Gasteiger partial charge in [-0.1, -0.05) is 17.7 Å². The summed E-state index contributed by atoms with van der Waals surface area (Å²) in [7, 11) is -2.75. The molecule has 1 amide bonds. The predicted molar refractivity (Wildman–Crippen MR) is 101 cm³/mol. The molecule has 0 saturated heterocycles. The van der Waals surface area contributed by atoms with Gasteiger partial charge in [-0.05, 0) is 37.0 Å². The second kappa shape index (κ2) is 8.19. The standard InChI is InChI=1S/C16H17ClFN3O4S2/c1-19-27(23,24)25-8-14(22)21-16-20-13-4-2-3-10(15(13)26-16)9-5-6-12(18)11(17)7-9/h5-7,10,19H,2-4,8H2,1H3,(H,20,21,22)/t10-/m0/s1. The van der Waals surface area contributed by atoms with E-state index in [1.165, 1.54) is 24.5 Å². The molecule has 0 saturated carbocycles. The van der Waals surface area contributed by atoms with Crippen LogP contribution in [0.1, 0.15) is 34.9 Å². The molecule has 0 spiro atoms. The molecule has 1 aliphatic rings. The molecule has 0 radical (unpaired) electrons. The Morgan fingerprint density at radius 1 is 1.48 bits per heavy atom. The third-order valence-corrected chi connectivity index (χ3v) is 6.48. The lowest BCUT2D eigenvalue weighted by atomic mass is 9.86. The van der Waals surface area contributed by atoms with Crippen LogP contribution in [0.25, 0.3) is 0 Å². The van der Waals surface area contributed by atoms with Gasteiger partial charge in [0.2, 0.25) is 0 Å². The monoisotopic (exact) mass is 433 g/mol. The Balaban J connectivity index is 1.75. The molecule has 0 bridgehead atoms. The molecule has 11 heteroatoms. The molecule has 1 aromatic carbocycles. The van der Waals surface area contributed by atoms with Gasteiger partial charge in [-0.25, -0.2) is 13.6 Å². The lowest BCUT2D eigenvalue weighted by molar-refractivity contribution is -0.118. The summed E-state index contributed by atoms with van der Waals surface area (Å²) in [6.07, 6.45) is 2.55. The van der Waals surface area contributed by atoms with Gasteiger partial charge in [0.1, 0.15) is 12.4 Å². The van der Waals surface area contributed by atoms with Gasteiger partial charge in [-0.3, -0.25) is 10.1 Å². The number of carbonyl (C=O) groups is 1. The number of aromatic nitrogens is 1. The SMILES string of the molecule is CNS(=O)(=O)OCC(=O)Nc1nc2c(s1)[C@H](c1ccc(F)c(Cl)c1)CCC2. The van der Waals surface area contributed by atoms with Gasteiger partial charge in [-0.2, -0.15) is 13.1 Å². The normalized spacial score (nSPS) is 16.8. The van der Waals surface area contributed by atoms with E-state index in [4.69, 9.17) is 11.6 Å². The highest BCUT2D eigenvalue weighted by Crippen LogP contribution is 2.42. The van der Waals surface area contributed by atoms with Crippen molar-refractivity contribution < 1.29 is 21.8 Å². The summed E-state index contributed by atoms with van der Waals surface area (Å²) >= 11 is 7.22. The maximum absolute atomic E-state index is 13.4. The van der Waals surface area contributed by atoms with Crippen molar-refractivity contribution in [1.82, 2.24) is 9.71 Å². The fourth-order valence-corrected chi connectivity index (χ4v) is 4.63. The second-order valence-corrected chi connectivity index (χ2v) is 8.91. The van der Waals surface area contributed by atoms with E-state index in [1.54, 1.807) is 12.1 Å².